The van der Waals surface area contributed by atoms with Gasteiger partial charge in [0.05, 0.1) is 6.04 Å². The Hall–Kier alpha value is -3.82. The van der Waals surface area contributed by atoms with Crippen LogP contribution in [0.25, 0.3) is 0 Å². The molecule has 0 spiro atoms. The van der Waals surface area contributed by atoms with Crippen molar-refractivity contribution in [3.05, 3.63) is 96.1 Å². The van der Waals surface area contributed by atoms with Crippen LogP contribution in [0, 0.1) is 5.92 Å². The van der Waals surface area contributed by atoms with Crippen molar-refractivity contribution in [2.75, 3.05) is 0 Å². The number of amides is 1. The van der Waals surface area contributed by atoms with Crippen LogP contribution in [0.1, 0.15) is 37.2 Å². The molecule has 1 unspecified atom stereocenters. The van der Waals surface area contributed by atoms with Crippen molar-refractivity contribution in [1.82, 2.24) is 4.90 Å². The van der Waals surface area contributed by atoms with Crippen LogP contribution < -0.4 is 14.8 Å². The number of hydrogen-bond donors (Lipinski definition) is 2. The number of hydrogen-bond acceptors (Lipinski definition) is 6. The van der Waals surface area contributed by atoms with Gasteiger partial charge in [0.1, 0.15) is 11.5 Å². The number of nitrogens with two attached hydrogens (primary N) is 1. The molecule has 214 valence electrons. The molecule has 0 fully saturated rings. The number of aliphatic carboxylic acids is 1. The molecule has 0 saturated heterocycles. The molecule has 1 amide bonds. The van der Waals surface area contributed by atoms with E-state index in [1.807, 2.05) is 50.2 Å². The fourth-order valence-electron chi connectivity index (χ4n) is 3.97. The Labute approximate surface area is 230 Å². The van der Waals surface area contributed by atoms with Crippen LogP contribution >= 0.6 is 7.60 Å². The van der Waals surface area contributed by atoms with Gasteiger partial charge in [-0.25, -0.2) is 9.36 Å². The maximum Gasteiger partial charge on any atom is 0.490 e. The Bertz CT molecular complexity index is 1300. The van der Waals surface area contributed by atoms with Crippen LogP contribution in [-0.4, -0.2) is 34.1 Å². The van der Waals surface area contributed by atoms with Crippen molar-refractivity contribution in [2.24, 2.45) is 11.7 Å². The highest BCUT2D eigenvalue weighted by atomic mass is 31.2. The molecule has 40 heavy (non-hydrogen) atoms. The summed E-state index contributed by atoms with van der Waals surface area (Å²) in [6.45, 7) is 4.24. The minimum Gasteiger partial charge on any atom is -0.475 e. The summed E-state index contributed by atoms with van der Waals surface area (Å²) < 4.78 is 58.5. The van der Waals surface area contributed by atoms with Crippen LogP contribution in [-0.2, 0) is 20.7 Å². The van der Waals surface area contributed by atoms with E-state index in [4.69, 9.17) is 24.7 Å². The van der Waals surface area contributed by atoms with Gasteiger partial charge in [0.2, 0.25) is 5.91 Å². The first-order valence-corrected chi connectivity index (χ1v) is 14.0. The van der Waals surface area contributed by atoms with Crippen molar-refractivity contribution < 1.29 is 41.5 Å². The highest BCUT2D eigenvalue weighted by Crippen LogP contribution is 2.64. The zero-order valence-electron chi connectivity index (χ0n) is 21.8. The monoisotopic (exact) mass is 578 g/mol. The van der Waals surface area contributed by atoms with Crippen molar-refractivity contribution in [3.8, 4) is 11.5 Å². The van der Waals surface area contributed by atoms with Gasteiger partial charge in [-0.05, 0) is 41.3 Å². The first kappa shape index (κ1) is 30.7. The summed E-state index contributed by atoms with van der Waals surface area (Å²) in [5, 5.41) is 7.12. The molecule has 1 heterocycles. The molecule has 1 aliphatic rings. The number of fused-ring (bicyclic) bond motifs is 1. The first-order chi connectivity index (χ1) is 18.9. The van der Waals surface area contributed by atoms with Crippen molar-refractivity contribution in [2.45, 2.75) is 44.8 Å². The molecular formula is C28H30F3N2O6P. The third-order valence-electron chi connectivity index (χ3n) is 6.29. The zero-order chi connectivity index (χ0) is 29.5. The van der Waals surface area contributed by atoms with Gasteiger partial charge in [0, 0.05) is 6.54 Å². The first-order valence-electron chi connectivity index (χ1n) is 12.4. The number of para-hydroxylation sites is 2. The Morgan fingerprint density at radius 2 is 1.43 bits per heavy atom. The molecule has 1 aliphatic heterocycles. The lowest BCUT2D eigenvalue weighted by Gasteiger charge is -2.33. The highest BCUT2D eigenvalue weighted by molar-refractivity contribution is 7.55. The Morgan fingerprint density at radius 1 is 0.975 bits per heavy atom. The standard InChI is InChI=1S/C26H29N2O4P.C2HF3O2/c1-3-19(2)24(27)25(29)28-18-20-12-10-11-17-23(20)26(28)33(30,31-21-13-6-4-7-14-21)32-22-15-8-5-9-16-22;3-2(4,5)1(6)7/h4-17,19,24,26H,3,18,27H2,1-2H3;(H,6,7)/t19-,24-,26?;/m0./s1. The molecule has 8 nitrogen and oxygen atoms in total. The smallest absolute Gasteiger partial charge is 0.475 e. The topological polar surface area (TPSA) is 119 Å². The van der Waals surface area contributed by atoms with Crippen LogP contribution in [0.4, 0.5) is 13.2 Å². The van der Waals surface area contributed by atoms with Crippen LogP contribution in [0.5, 0.6) is 11.5 Å². The van der Waals surface area contributed by atoms with Gasteiger partial charge in [0.15, 0.2) is 5.78 Å². The number of alkyl halides is 3. The summed E-state index contributed by atoms with van der Waals surface area (Å²) in [7, 11) is -3.98. The minimum absolute atomic E-state index is 0.0219. The third kappa shape index (κ3) is 7.43. The molecule has 0 radical (unpaired) electrons. The van der Waals surface area contributed by atoms with Crippen LogP contribution in [0.15, 0.2) is 84.9 Å². The summed E-state index contributed by atoms with van der Waals surface area (Å²) in [6, 6.07) is 24.6. The summed E-state index contributed by atoms with van der Waals surface area (Å²) in [5.41, 5.74) is 7.99. The van der Waals surface area contributed by atoms with Gasteiger partial charge in [-0.1, -0.05) is 80.9 Å². The maximum atomic E-state index is 14.6. The van der Waals surface area contributed by atoms with Gasteiger partial charge in [-0.2, -0.15) is 13.2 Å². The number of carboxylic acids is 1. The molecule has 0 aliphatic carbocycles. The molecule has 0 bridgehead atoms. The highest BCUT2D eigenvalue weighted by Gasteiger charge is 2.51. The molecule has 3 aromatic carbocycles. The molecule has 0 saturated carbocycles. The minimum atomic E-state index is -5.08. The average molecular weight is 579 g/mol. The van der Waals surface area contributed by atoms with Crippen molar-refractivity contribution >= 4 is 19.5 Å². The summed E-state index contributed by atoms with van der Waals surface area (Å²) in [5.74, 6) is -3.16. The van der Waals surface area contributed by atoms with Gasteiger partial charge in [-0.15, -0.1) is 0 Å². The van der Waals surface area contributed by atoms with Gasteiger partial charge < -0.3 is 24.8 Å². The summed E-state index contributed by atoms with van der Waals surface area (Å²) in [4.78, 5) is 24.0. The lowest BCUT2D eigenvalue weighted by Crippen LogP contribution is -2.46. The SMILES string of the molecule is CC[C@H](C)[C@H](N)C(=O)N1Cc2ccccc2C1P(=O)(Oc1ccccc1)Oc1ccccc1.O=C(O)C(F)(F)F. The zero-order valence-corrected chi connectivity index (χ0v) is 22.7. The Morgan fingerprint density at radius 3 is 1.88 bits per heavy atom. The number of rotatable bonds is 8. The number of benzene rings is 3. The second-order valence-corrected chi connectivity index (χ2v) is 11.0. The van der Waals surface area contributed by atoms with Gasteiger partial charge >= 0.3 is 19.7 Å². The number of carbonyl (C=O) groups excluding carboxylic acids is 1. The summed E-state index contributed by atoms with van der Waals surface area (Å²) in [6.07, 6.45) is -4.32. The predicted molar refractivity (Wildman–Crippen MR) is 143 cm³/mol. The Kier molecular flexibility index (Phi) is 10.0. The normalized spacial score (nSPS) is 16.1. The van der Waals surface area contributed by atoms with E-state index >= 15 is 0 Å². The maximum absolute atomic E-state index is 14.6. The predicted octanol–water partition coefficient (Wildman–Crippen LogP) is 6.39. The molecule has 12 heteroatoms. The second-order valence-electron chi connectivity index (χ2n) is 9.10. The molecule has 4 rings (SSSR count). The molecule has 3 aromatic rings. The molecule has 3 N–H and O–H groups in total. The molecule has 0 aromatic heterocycles. The van der Waals surface area contributed by atoms with Gasteiger partial charge in [0.25, 0.3) is 0 Å². The number of carbonyl (C=O) groups is 2. The van der Waals surface area contributed by atoms with E-state index in [2.05, 4.69) is 0 Å². The Balaban J connectivity index is 0.000000559. The molecular weight excluding hydrogens is 548 g/mol. The van der Waals surface area contributed by atoms with E-state index in [1.165, 1.54) is 0 Å². The van der Waals surface area contributed by atoms with E-state index in [0.717, 1.165) is 17.5 Å². The lowest BCUT2D eigenvalue weighted by molar-refractivity contribution is -0.192. The van der Waals surface area contributed by atoms with E-state index in [0.29, 0.717) is 18.0 Å². The lowest BCUT2D eigenvalue weighted by atomic mass is 9.99. The number of halogens is 3. The third-order valence-corrected chi connectivity index (χ3v) is 8.37. The fraction of sp³-hybridized carbons (Fsp3) is 0.286. The van der Waals surface area contributed by atoms with Crippen molar-refractivity contribution in [1.29, 1.82) is 0 Å². The van der Waals surface area contributed by atoms with Crippen LogP contribution in [0.3, 0.4) is 0 Å². The number of carboxylic acid groups (broad SMARTS) is 1. The number of nitrogens with zero attached hydrogens (tertiary/aromatic N) is 1. The largest absolute Gasteiger partial charge is 0.490 e. The van der Waals surface area contributed by atoms with Crippen LogP contribution in [0.2, 0.25) is 0 Å². The average Bonchev–Trinajstić information content (AvgIpc) is 3.33. The quantitative estimate of drug-likeness (QED) is 0.298. The summed E-state index contributed by atoms with van der Waals surface area (Å²) >= 11 is 0. The van der Waals surface area contributed by atoms with E-state index in [-0.39, 0.29) is 11.8 Å². The van der Waals surface area contributed by atoms with Crippen molar-refractivity contribution in [3.63, 3.8) is 0 Å². The molecule has 3 atom stereocenters. The van der Waals surface area contributed by atoms with E-state index in [1.54, 1.807) is 53.4 Å². The van der Waals surface area contributed by atoms with Gasteiger partial charge in [-0.3, -0.25) is 4.79 Å². The fourth-order valence-corrected chi connectivity index (χ4v) is 6.17. The van der Waals surface area contributed by atoms with E-state index < -0.39 is 31.6 Å². The second kappa shape index (κ2) is 13.0. The van der Waals surface area contributed by atoms with E-state index in [9.17, 15) is 22.5 Å².